The van der Waals surface area contributed by atoms with E-state index in [1.807, 2.05) is 0 Å². The van der Waals surface area contributed by atoms with E-state index in [2.05, 4.69) is 39.7 Å². The molecule has 0 bridgehead atoms. The molecular formula is C11H17BrN2OS. The van der Waals surface area contributed by atoms with Crippen LogP contribution in [0.1, 0.15) is 18.2 Å². The van der Waals surface area contributed by atoms with Crippen LogP contribution in [0.2, 0.25) is 0 Å². The van der Waals surface area contributed by atoms with Crippen LogP contribution in [0.5, 0.6) is 0 Å². The average Bonchev–Trinajstić information content (AvgIpc) is 2.84. The molecule has 3 atom stereocenters. The van der Waals surface area contributed by atoms with Gasteiger partial charge in [-0.05, 0) is 41.8 Å². The van der Waals surface area contributed by atoms with Crippen LogP contribution in [0, 0.1) is 5.92 Å². The Kier molecular flexibility index (Phi) is 4.38. The Hall–Kier alpha value is 0.0600. The van der Waals surface area contributed by atoms with E-state index < -0.39 is 0 Å². The highest BCUT2D eigenvalue weighted by molar-refractivity contribution is 9.10. The first-order valence-corrected chi connectivity index (χ1v) is 7.18. The van der Waals surface area contributed by atoms with Crippen molar-refractivity contribution in [2.75, 3.05) is 6.61 Å². The van der Waals surface area contributed by atoms with Crippen LogP contribution in [0.3, 0.4) is 0 Å². The van der Waals surface area contributed by atoms with Crippen molar-refractivity contribution in [1.82, 2.24) is 5.43 Å². The fourth-order valence-electron chi connectivity index (χ4n) is 2.29. The highest BCUT2D eigenvalue weighted by Crippen LogP contribution is 2.28. The lowest BCUT2D eigenvalue weighted by Gasteiger charge is -2.24. The van der Waals surface area contributed by atoms with Gasteiger partial charge in [0.2, 0.25) is 0 Å². The number of halogens is 1. The van der Waals surface area contributed by atoms with E-state index in [0.717, 1.165) is 23.9 Å². The van der Waals surface area contributed by atoms with Crippen molar-refractivity contribution in [1.29, 1.82) is 0 Å². The molecule has 1 aromatic rings. The topological polar surface area (TPSA) is 47.3 Å². The zero-order valence-corrected chi connectivity index (χ0v) is 11.7. The first-order chi connectivity index (χ1) is 7.70. The first kappa shape index (κ1) is 12.5. The largest absolute Gasteiger partial charge is 0.378 e. The third-order valence-electron chi connectivity index (χ3n) is 3.21. The quantitative estimate of drug-likeness (QED) is 0.663. The molecule has 1 aliphatic heterocycles. The SMILES string of the molecule is CC1OCCC1C(Cc1cc(Br)cs1)NN. The Labute approximate surface area is 108 Å². The first-order valence-electron chi connectivity index (χ1n) is 5.51. The molecule has 0 spiro atoms. The van der Waals surface area contributed by atoms with Gasteiger partial charge in [-0.25, -0.2) is 0 Å². The lowest BCUT2D eigenvalue weighted by Crippen LogP contribution is -2.44. The van der Waals surface area contributed by atoms with Gasteiger partial charge in [0.25, 0.3) is 0 Å². The summed E-state index contributed by atoms with van der Waals surface area (Å²) in [6, 6.07) is 2.47. The number of hydrogen-bond donors (Lipinski definition) is 2. The zero-order chi connectivity index (χ0) is 11.5. The van der Waals surface area contributed by atoms with E-state index in [0.29, 0.717) is 18.1 Å². The fourth-order valence-corrected chi connectivity index (χ4v) is 3.80. The molecule has 0 saturated carbocycles. The standard InChI is InChI=1S/C11H17BrN2OS/c1-7-10(2-3-15-7)11(14-13)5-9-4-8(12)6-16-9/h4,6-7,10-11,14H,2-3,5,13H2,1H3. The van der Waals surface area contributed by atoms with Crippen molar-refractivity contribution >= 4 is 27.3 Å². The smallest absolute Gasteiger partial charge is 0.0591 e. The second kappa shape index (κ2) is 5.60. The summed E-state index contributed by atoms with van der Waals surface area (Å²) in [4.78, 5) is 1.36. The molecule has 0 aliphatic carbocycles. The van der Waals surface area contributed by atoms with E-state index >= 15 is 0 Å². The molecule has 3 unspecified atom stereocenters. The van der Waals surface area contributed by atoms with Gasteiger partial charge in [0.05, 0.1) is 6.10 Å². The maximum Gasteiger partial charge on any atom is 0.0591 e. The van der Waals surface area contributed by atoms with Crippen LogP contribution in [0.25, 0.3) is 0 Å². The van der Waals surface area contributed by atoms with Gasteiger partial charge < -0.3 is 4.74 Å². The summed E-state index contributed by atoms with van der Waals surface area (Å²) in [5, 5.41) is 2.11. The molecule has 1 saturated heterocycles. The highest BCUT2D eigenvalue weighted by atomic mass is 79.9. The van der Waals surface area contributed by atoms with Crippen LogP contribution in [-0.4, -0.2) is 18.8 Å². The predicted molar refractivity (Wildman–Crippen MR) is 70.4 cm³/mol. The van der Waals surface area contributed by atoms with Crippen LogP contribution in [0.15, 0.2) is 15.9 Å². The summed E-state index contributed by atoms with van der Waals surface area (Å²) < 4.78 is 6.74. The molecule has 90 valence electrons. The summed E-state index contributed by atoms with van der Waals surface area (Å²) >= 11 is 5.24. The van der Waals surface area contributed by atoms with E-state index in [9.17, 15) is 0 Å². The third-order valence-corrected chi connectivity index (χ3v) is 4.93. The minimum atomic E-state index is 0.308. The Bertz CT molecular complexity index is 344. The van der Waals surface area contributed by atoms with Crippen LogP contribution < -0.4 is 11.3 Å². The van der Waals surface area contributed by atoms with E-state index in [1.165, 1.54) is 4.88 Å². The molecule has 3 N–H and O–H groups in total. The van der Waals surface area contributed by atoms with Gasteiger partial charge in [-0.3, -0.25) is 11.3 Å². The molecule has 0 amide bonds. The molecule has 2 rings (SSSR count). The highest BCUT2D eigenvalue weighted by Gasteiger charge is 2.31. The maximum absolute atomic E-state index is 5.66. The maximum atomic E-state index is 5.66. The number of rotatable bonds is 4. The number of nitrogens with one attached hydrogen (secondary N) is 1. The van der Waals surface area contributed by atoms with Crippen molar-refractivity contribution in [2.45, 2.75) is 31.9 Å². The van der Waals surface area contributed by atoms with E-state index in [1.54, 1.807) is 11.3 Å². The minimum absolute atomic E-state index is 0.308. The van der Waals surface area contributed by atoms with Crippen molar-refractivity contribution in [3.05, 3.63) is 20.8 Å². The molecule has 1 aromatic heterocycles. The van der Waals surface area contributed by atoms with Crippen molar-refractivity contribution < 1.29 is 4.74 Å². The molecule has 3 nitrogen and oxygen atoms in total. The molecule has 16 heavy (non-hydrogen) atoms. The van der Waals surface area contributed by atoms with Crippen molar-refractivity contribution in [3.8, 4) is 0 Å². The predicted octanol–water partition coefficient (Wildman–Crippen LogP) is 2.31. The molecule has 0 radical (unpaired) electrons. The molecule has 2 heterocycles. The average molecular weight is 305 g/mol. The molecule has 1 aliphatic rings. The van der Waals surface area contributed by atoms with Gasteiger partial charge >= 0.3 is 0 Å². The fraction of sp³-hybridized carbons (Fsp3) is 0.636. The van der Waals surface area contributed by atoms with Gasteiger partial charge in [-0.15, -0.1) is 11.3 Å². The molecule has 0 aromatic carbocycles. The summed E-state index contributed by atoms with van der Waals surface area (Å²) in [5.74, 6) is 6.18. The van der Waals surface area contributed by atoms with Crippen LogP contribution in [0.4, 0.5) is 0 Å². The summed E-state index contributed by atoms with van der Waals surface area (Å²) in [6.07, 6.45) is 2.39. The number of nitrogens with two attached hydrogens (primary N) is 1. The summed E-state index contributed by atoms with van der Waals surface area (Å²) in [7, 11) is 0. The Balaban J connectivity index is 2.00. The lowest BCUT2D eigenvalue weighted by atomic mass is 9.91. The summed E-state index contributed by atoms with van der Waals surface area (Å²) in [5.41, 5.74) is 2.94. The van der Waals surface area contributed by atoms with Crippen molar-refractivity contribution in [3.63, 3.8) is 0 Å². The zero-order valence-electron chi connectivity index (χ0n) is 9.28. The van der Waals surface area contributed by atoms with E-state index in [-0.39, 0.29) is 0 Å². The van der Waals surface area contributed by atoms with Crippen LogP contribution >= 0.6 is 27.3 Å². The van der Waals surface area contributed by atoms with Gasteiger partial charge in [-0.2, -0.15) is 0 Å². The molecular weight excluding hydrogens is 288 g/mol. The van der Waals surface area contributed by atoms with E-state index in [4.69, 9.17) is 10.6 Å². The van der Waals surface area contributed by atoms with Gasteiger partial charge in [0, 0.05) is 33.3 Å². The lowest BCUT2D eigenvalue weighted by molar-refractivity contribution is 0.0955. The number of thiophene rings is 1. The van der Waals surface area contributed by atoms with Gasteiger partial charge in [-0.1, -0.05) is 0 Å². The second-order valence-electron chi connectivity index (χ2n) is 4.24. The minimum Gasteiger partial charge on any atom is -0.378 e. The third kappa shape index (κ3) is 2.84. The summed E-state index contributed by atoms with van der Waals surface area (Å²) in [6.45, 7) is 2.99. The van der Waals surface area contributed by atoms with Gasteiger partial charge in [0.15, 0.2) is 0 Å². The van der Waals surface area contributed by atoms with Gasteiger partial charge in [0.1, 0.15) is 0 Å². The second-order valence-corrected chi connectivity index (χ2v) is 6.15. The Morgan fingerprint density at radius 1 is 1.75 bits per heavy atom. The van der Waals surface area contributed by atoms with Crippen LogP contribution in [-0.2, 0) is 11.2 Å². The van der Waals surface area contributed by atoms with Crippen molar-refractivity contribution in [2.24, 2.45) is 11.8 Å². The molecule has 5 heteroatoms. The monoisotopic (exact) mass is 304 g/mol. The number of hydrogen-bond acceptors (Lipinski definition) is 4. The normalized spacial score (nSPS) is 27.2. The Morgan fingerprint density at radius 3 is 3.06 bits per heavy atom. The Morgan fingerprint density at radius 2 is 2.56 bits per heavy atom. The number of ether oxygens (including phenoxy) is 1. The molecule has 1 fully saturated rings. The number of hydrazine groups is 1.